The van der Waals surface area contributed by atoms with Crippen molar-refractivity contribution in [3.05, 3.63) is 77.4 Å². The fraction of sp³-hybridized carbons (Fsp3) is 0.514. The van der Waals surface area contributed by atoms with E-state index < -0.39 is 18.8 Å². The van der Waals surface area contributed by atoms with Gasteiger partial charge in [-0.25, -0.2) is 0 Å². The summed E-state index contributed by atoms with van der Waals surface area (Å²) in [6, 6.07) is 20.4. The van der Waals surface area contributed by atoms with Gasteiger partial charge in [0.25, 0.3) is 0 Å². The van der Waals surface area contributed by atoms with Crippen molar-refractivity contribution in [1.82, 2.24) is 24.7 Å². The number of amides is 1. The molecule has 2 aromatic carbocycles. The highest BCUT2D eigenvalue weighted by atomic mass is 19.4. The molecular weight excluding hydrogens is 627 g/mol. The smallest absolute Gasteiger partial charge is 0.422 e. The number of alkyl halides is 3. The minimum absolute atomic E-state index is 0.00897. The van der Waals surface area contributed by atoms with Crippen molar-refractivity contribution >= 4 is 5.91 Å². The quantitative estimate of drug-likeness (QED) is 0.255. The Kier molecular flexibility index (Phi) is 11.8. The molecule has 0 aliphatic carbocycles. The minimum Gasteiger partial charge on any atom is -0.481 e. The minimum atomic E-state index is -4.56. The number of benzene rings is 2. The van der Waals surface area contributed by atoms with Crippen LogP contribution in [0.4, 0.5) is 13.2 Å². The lowest BCUT2D eigenvalue weighted by molar-refractivity contribution is -0.154. The summed E-state index contributed by atoms with van der Waals surface area (Å²) in [5.41, 5.74) is 2.88. The van der Waals surface area contributed by atoms with Crippen LogP contribution in [0, 0.1) is 0 Å². The van der Waals surface area contributed by atoms with E-state index in [0.29, 0.717) is 51.3 Å². The van der Waals surface area contributed by atoms with E-state index >= 15 is 0 Å². The number of aromatic nitrogens is 2. The maximum Gasteiger partial charge on any atom is 0.422 e. The standard InChI is InChI=1S/C35H44F3N5O5/c1-24(2)48-33-28(32(46-4)39-34(40-33)47-23-35(36,37)38)21-41-19-27-20-42(30(44)15-18-45-3)16-17-43(27)29(22-41)31(25-11-7-5-8-12-25)26-13-9-6-10-14-26/h5-14,24,27,29,31H,15-23H2,1-4H3/t27-,29?/m1/s1. The number of methoxy groups -OCH3 is 2. The van der Waals surface area contributed by atoms with Gasteiger partial charge in [0.15, 0.2) is 6.61 Å². The van der Waals surface area contributed by atoms with Gasteiger partial charge in [-0.3, -0.25) is 14.6 Å². The van der Waals surface area contributed by atoms with Crippen LogP contribution in [-0.4, -0.2) is 115 Å². The Bertz CT molecular complexity index is 1440. The highest BCUT2D eigenvalue weighted by Crippen LogP contribution is 2.38. The molecule has 0 N–H and O–H groups in total. The van der Waals surface area contributed by atoms with Gasteiger partial charge < -0.3 is 23.8 Å². The molecule has 2 fully saturated rings. The summed E-state index contributed by atoms with van der Waals surface area (Å²) in [5, 5.41) is 0. The van der Waals surface area contributed by atoms with Gasteiger partial charge in [0.1, 0.15) is 0 Å². The van der Waals surface area contributed by atoms with Crippen LogP contribution in [0.3, 0.4) is 0 Å². The maximum atomic E-state index is 13.1. The number of fused-ring (bicyclic) bond motifs is 1. The van der Waals surface area contributed by atoms with Gasteiger partial charge in [-0.1, -0.05) is 60.7 Å². The van der Waals surface area contributed by atoms with Crippen LogP contribution in [0.5, 0.6) is 17.8 Å². The highest BCUT2D eigenvalue weighted by Gasteiger charge is 2.43. The molecule has 3 heterocycles. The predicted octanol–water partition coefficient (Wildman–Crippen LogP) is 4.78. The van der Waals surface area contributed by atoms with Gasteiger partial charge in [0.2, 0.25) is 17.7 Å². The van der Waals surface area contributed by atoms with Gasteiger partial charge in [-0.15, -0.1) is 0 Å². The van der Waals surface area contributed by atoms with E-state index in [1.54, 1.807) is 7.11 Å². The summed E-state index contributed by atoms with van der Waals surface area (Å²) in [5.74, 6) is 0.274. The summed E-state index contributed by atoms with van der Waals surface area (Å²) in [6.07, 6.45) is -4.56. The molecule has 0 radical (unpaired) electrons. The Labute approximate surface area is 279 Å². The van der Waals surface area contributed by atoms with Gasteiger partial charge >= 0.3 is 12.2 Å². The Hall–Kier alpha value is -3.94. The molecule has 1 unspecified atom stereocenters. The summed E-state index contributed by atoms with van der Waals surface area (Å²) < 4.78 is 60.5. The van der Waals surface area contributed by atoms with Crippen molar-refractivity contribution in [2.75, 3.05) is 60.2 Å². The van der Waals surface area contributed by atoms with E-state index in [0.717, 1.165) is 6.54 Å². The lowest BCUT2D eigenvalue weighted by atomic mass is 9.81. The summed E-state index contributed by atoms with van der Waals surface area (Å²) in [7, 11) is 3.00. The molecule has 0 spiro atoms. The molecule has 1 amide bonds. The molecule has 2 aliphatic rings. The zero-order chi connectivity index (χ0) is 34.3. The second-order valence-corrected chi connectivity index (χ2v) is 12.4. The van der Waals surface area contributed by atoms with Crippen LogP contribution in [0.15, 0.2) is 60.7 Å². The van der Waals surface area contributed by atoms with Crippen molar-refractivity contribution in [1.29, 1.82) is 0 Å². The summed E-state index contributed by atoms with van der Waals surface area (Å²) in [6.45, 7) is 5.92. The molecule has 5 rings (SSSR count). The van der Waals surface area contributed by atoms with Crippen molar-refractivity contribution in [2.24, 2.45) is 0 Å². The molecule has 1 aromatic heterocycles. The molecule has 13 heteroatoms. The topological polar surface area (TPSA) is 89.5 Å². The number of piperazine rings is 2. The zero-order valence-electron chi connectivity index (χ0n) is 27.9. The van der Waals surface area contributed by atoms with Crippen LogP contribution in [-0.2, 0) is 16.1 Å². The molecule has 48 heavy (non-hydrogen) atoms. The molecule has 10 nitrogen and oxygen atoms in total. The lowest BCUT2D eigenvalue weighted by Crippen LogP contribution is -2.67. The van der Waals surface area contributed by atoms with Crippen LogP contribution in [0.25, 0.3) is 0 Å². The fourth-order valence-corrected chi connectivity index (χ4v) is 6.65. The molecule has 260 valence electrons. The number of hydrogen-bond acceptors (Lipinski definition) is 9. The molecule has 0 bridgehead atoms. The molecule has 3 aromatic rings. The number of halogens is 3. The lowest BCUT2D eigenvalue weighted by Gasteiger charge is -2.53. The normalized spacial score (nSPS) is 19.0. The molecule has 0 saturated carbocycles. The first-order valence-electron chi connectivity index (χ1n) is 16.2. The molecule has 2 aliphatic heterocycles. The van der Waals surface area contributed by atoms with E-state index in [4.69, 9.17) is 18.9 Å². The largest absolute Gasteiger partial charge is 0.481 e. The first-order chi connectivity index (χ1) is 23.1. The van der Waals surface area contributed by atoms with Crippen LogP contribution in [0.2, 0.25) is 0 Å². The van der Waals surface area contributed by atoms with Crippen LogP contribution >= 0.6 is 0 Å². The average Bonchev–Trinajstić information content (AvgIpc) is 3.07. The highest BCUT2D eigenvalue weighted by molar-refractivity contribution is 5.76. The van der Waals surface area contributed by atoms with Crippen LogP contribution in [0.1, 0.15) is 42.9 Å². The number of ether oxygens (including phenoxy) is 4. The zero-order valence-corrected chi connectivity index (χ0v) is 27.9. The van der Waals surface area contributed by atoms with Gasteiger partial charge in [-0.2, -0.15) is 23.1 Å². The maximum absolute atomic E-state index is 13.1. The van der Waals surface area contributed by atoms with Crippen LogP contribution < -0.4 is 14.2 Å². The fourth-order valence-electron chi connectivity index (χ4n) is 6.65. The second kappa shape index (κ2) is 16.0. The van der Waals surface area contributed by atoms with E-state index in [-0.39, 0.29) is 41.8 Å². The first kappa shape index (κ1) is 35.4. The van der Waals surface area contributed by atoms with E-state index in [2.05, 4.69) is 68.3 Å². The Morgan fingerprint density at radius 3 is 2.15 bits per heavy atom. The number of carbonyl (C=O) groups excluding carboxylic acids is 1. The third-order valence-corrected chi connectivity index (χ3v) is 8.64. The SMILES string of the molecule is COCCC(=O)N1CCN2C(C(c3ccccc3)c3ccccc3)CN(Cc3c(OC)nc(OCC(F)(F)F)nc3OC(C)C)C[C@@H]2C1. The van der Waals surface area contributed by atoms with E-state index in [9.17, 15) is 18.0 Å². The van der Waals surface area contributed by atoms with Gasteiger partial charge in [0.05, 0.1) is 31.8 Å². The Morgan fingerprint density at radius 1 is 0.917 bits per heavy atom. The monoisotopic (exact) mass is 671 g/mol. The first-order valence-corrected chi connectivity index (χ1v) is 16.2. The Balaban J connectivity index is 1.52. The summed E-state index contributed by atoms with van der Waals surface area (Å²) >= 11 is 0. The van der Waals surface area contributed by atoms with Crippen molar-refractivity contribution in [3.8, 4) is 17.8 Å². The average molecular weight is 672 g/mol. The van der Waals surface area contributed by atoms with Gasteiger partial charge in [-0.05, 0) is 25.0 Å². The van der Waals surface area contributed by atoms with Crippen molar-refractivity contribution in [3.63, 3.8) is 0 Å². The number of hydrogen-bond donors (Lipinski definition) is 0. The molecule has 2 saturated heterocycles. The summed E-state index contributed by atoms with van der Waals surface area (Å²) in [4.78, 5) is 28.3. The predicted molar refractivity (Wildman–Crippen MR) is 173 cm³/mol. The second-order valence-electron chi connectivity index (χ2n) is 12.4. The van der Waals surface area contributed by atoms with E-state index in [1.807, 2.05) is 30.9 Å². The van der Waals surface area contributed by atoms with Gasteiger partial charge in [0, 0.05) is 64.4 Å². The number of nitrogens with zero attached hydrogens (tertiary/aromatic N) is 5. The Morgan fingerprint density at radius 2 is 1.56 bits per heavy atom. The number of carbonyl (C=O) groups is 1. The van der Waals surface area contributed by atoms with E-state index in [1.165, 1.54) is 18.2 Å². The van der Waals surface area contributed by atoms with Crippen molar-refractivity contribution in [2.45, 2.75) is 57.1 Å². The third kappa shape index (κ3) is 8.94. The molecular formula is C35H44F3N5O5. The number of rotatable bonds is 13. The van der Waals surface area contributed by atoms with Crippen molar-refractivity contribution < 1.29 is 36.9 Å². The molecule has 2 atom stereocenters. The third-order valence-electron chi connectivity index (χ3n) is 8.64.